The summed E-state index contributed by atoms with van der Waals surface area (Å²) in [6, 6.07) is 23.3. The molecule has 0 bridgehead atoms. The zero-order valence-electron chi connectivity index (χ0n) is 21.6. The lowest BCUT2D eigenvalue weighted by molar-refractivity contribution is -0.161. The predicted molar refractivity (Wildman–Crippen MR) is 152 cm³/mol. The molecule has 196 valence electrons. The number of rotatable bonds is 6. The summed E-state index contributed by atoms with van der Waals surface area (Å²) in [5.41, 5.74) is 1.99. The highest BCUT2D eigenvalue weighted by atomic mass is 35.5. The van der Waals surface area contributed by atoms with Crippen LogP contribution in [0.15, 0.2) is 82.5 Å². The highest BCUT2D eigenvalue weighted by Crippen LogP contribution is 2.44. The summed E-state index contributed by atoms with van der Waals surface area (Å²) in [5.74, 6) is -0.670. The third-order valence-corrected chi connectivity index (χ3v) is 8.39. The maximum Gasteiger partial charge on any atom is 0.310 e. The molecule has 5 rings (SSSR count). The molecule has 1 aliphatic rings. The van der Waals surface area contributed by atoms with Gasteiger partial charge in [-0.25, -0.2) is 4.68 Å². The van der Waals surface area contributed by atoms with Crippen molar-refractivity contribution in [2.45, 2.75) is 55.9 Å². The molecule has 0 amide bonds. The average molecular weight is 548 g/mol. The Morgan fingerprint density at radius 1 is 1.00 bits per heavy atom. The van der Waals surface area contributed by atoms with E-state index in [2.05, 4.69) is 34.6 Å². The Bertz CT molecular complexity index is 1500. The van der Waals surface area contributed by atoms with E-state index in [-0.39, 0.29) is 28.6 Å². The molecule has 6 nitrogen and oxygen atoms in total. The molecule has 0 aliphatic heterocycles. The molecular formula is C30H30ClN3O3S. The van der Waals surface area contributed by atoms with Crippen molar-refractivity contribution in [2.24, 2.45) is 11.8 Å². The van der Waals surface area contributed by atoms with Gasteiger partial charge in [0, 0.05) is 15.2 Å². The number of aromatic nitrogens is 3. The molecule has 3 atom stereocenters. The van der Waals surface area contributed by atoms with E-state index in [1.165, 1.54) is 4.68 Å². The van der Waals surface area contributed by atoms with E-state index < -0.39 is 5.60 Å². The van der Waals surface area contributed by atoms with Crippen molar-refractivity contribution in [3.8, 4) is 11.1 Å². The van der Waals surface area contributed by atoms with Crippen LogP contribution in [-0.4, -0.2) is 31.8 Å². The van der Waals surface area contributed by atoms with Crippen molar-refractivity contribution < 1.29 is 9.53 Å². The number of carbonyl (C=O) groups excluding carboxylic acids is 1. The molecule has 1 saturated carbocycles. The first-order valence-corrected chi connectivity index (χ1v) is 14.0. The van der Waals surface area contributed by atoms with Gasteiger partial charge in [0.25, 0.3) is 5.56 Å². The molecule has 0 saturated heterocycles. The van der Waals surface area contributed by atoms with Gasteiger partial charge in [-0.1, -0.05) is 53.2 Å². The fourth-order valence-electron chi connectivity index (χ4n) is 5.00. The van der Waals surface area contributed by atoms with E-state index in [1.54, 1.807) is 23.9 Å². The third-order valence-electron chi connectivity index (χ3n) is 6.77. The smallest absolute Gasteiger partial charge is 0.310 e. The van der Waals surface area contributed by atoms with Crippen molar-refractivity contribution in [3.05, 3.63) is 88.2 Å². The molecule has 1 aromatic heterocycles. The number of carbonyl (C=O) groups is 1. The Morgan fingerprint density at radius 3 is 2.34 bits per heavy atom. The van der Waals surface area contributed by atoms with Crippen LogP contribution in [0, 0.1) is 11.8 Å². The van der Waals surface area contributed by atoms with Crippen LogP contribution in [-0.2, 0) is 16.1 Å². The highest BCUT2D eigenvalue weighted by Gasteiger charge is 2.44. The maximum atomic E-state index is 13.5. The van der Waals surface area contributed by atoms with Crippen LogP contribution in [0.1, 0.15) is 33.6 Å². The van der Waals surface area contributed by atoms with E-state index >= 15 is 0 Å². The van der Waals surface area contributed by atoms with E-state index in [1.807, 2.05) is 57.2 Å². The minimum Gasteiger partial charge on any atom is -0.460 e. The molecule has 1 fully saturated rings. The van der Waals surface area contributed by atoms with Gasteiger partial charge in [0.1, 0.15) is 11.1 Å². The Hall–Kier alpha value is -3.16. The molecule has 1 heterocycles. The maximum absolute atomic E-state index is 13.5. The Balaban J connectivity index is 1.38. The second-order valence-electron chi connectivity index (χ2n) is 10.7. The number of hydrogen-bond donors (Lipinski definition) is 0. The Morgan fingerprint density at radius 2 is 1.66 bits per heavy atom. The lowest BCUT2D eigenvalue weighted by Crippen LogP contribution is -2.37. The summed E-state index contributed by atoms with van der Waals surface area (Å²) in [4.78, 5) is 27.6. The number of halogens is 1. The van der Waals surface area contributed by atoms with Crippen LogP contribution in [0.2, 0.25) is 5.02 Å². The molecule has 1 aliphatic carbocycles. The summed E-state index contributed by atoms with van der Waals surface area (Å²) >= 11 is 7.72. The van der Waals surface area contributed by atoms with Gasteiger partial charge in [0.05, 0.1) is 17.8 Å². The van der Waals surface area contributed by atoms with Gasteiger partial charge in [-0.05, 0) is 87.1 Å². The topological polar surface area (TPSA) is 74.1 Å². The van der Waals surface area contributed by atoms with Crippen LogP contribution in [0.25, 0.3) is 22.0 Å². The Kier molecular flexibility index (Phi) is 7.59. The largest absolute Gasteiger partial charge is 0.460 e. The first-order valence-electron chi connectivity index (χ1n) is 12.8. The van der Waals surface area contributed by atoms with Gasteiger partial charge >= 0.3 is 5.97 Å². The molecule has 3 aromatic carbocycles. The van der Waals surface area contributed by atoms with Crippen LogP contribution < -0.4 is 5.56 Å². The summed E-state index contributed by atoms with van der Waals surface area (Å²) in [6.07, 6.45) is 1.64. The lowest BCUT2D eigenvalue weighted by atomic mass is 9.95. The standard InChI is InChI=1S/C30H30ClN3O3S/c1-30(2,3)37-29(36)27-21(18-34-28(35)24-6-4-5-7-25(24)32-33-34)12-17-26(27)38-23-15-10-20(11-16-23)19-8-13-22(31)14-9-19/h4-11,13-16,21,26-27H,12,17-18H2,1-3H3/t21-,26-,27-/m0/s1. The molecule has 0 radical (unpaired) electrons. The van der Waals surface area contributed by atoms with Gasteiger partial charge in [0.15, 0.2) is 0 Å². The molecule has 4 aromatic rings. The number of thioether (sulfide) groups is 1. The zero-order chi connectivity index (χ0) is 26.9. The highest BCUT2D eigenvalue weighted by molar-refractivity contribution is 8.00. The minimum atomic E-state index is -0.598. The quantitative estimate of drug-likeness (QED) is 0.252. The zero-order valence-corrected chi connectivity index (χ0v) is 23.2. The third kappa shape index (κ3) is 5.94. The van der Waals surface area contributed by atoms with Crippen molar-refractivity contribution >= 4 is 40.2 Å². The normalized spacial score (nSPS) is 19.5. The SMILES string of the molecule is CC(C)(C)OC(=O)[C@H]1[C@H](Cn2nnc3ccccc3c2=O)CC[C@@H]1Sc1ccc(-c2ccc(Cl)cc2)cc1. The molecule has 38 heavy (non-hydrogen) atoms. The van der Waals surface area contributed by atoms with Gasteiger partial charge < -0.3 is 4.74 Å². The molecule has 8 heteroatoms. The summed E-state index contributed by atoms with van der Waals surface area (Å²) in [6.45, 7) is 5.97. The molecule has 0 N–H and O–H groups in total. The van der Waals surface area contributed by atoms with Gasteiger partial charge in [-0.15, -0.1) is 16.9 Å². The average Bonchev–Trinajstić information content (AvgIpc) is 3.28. The lowest BCUT2D eigenvalue weighted by Gasteiger charge is -2.28. The number of esters is 1. The van der Waals surface area contributed by atoms with E-state index in [9.17, 15) is 9.59 Å². The van der Waals surface area contributed by atoms with Crippen molar-refractivity contribution in [1.82, 2.24) is 15.0 Å². The van der Waals surface area contributed by atoms with Gasteiger partial charge in [-0.3, -0.25) is 9.59 Å². The van der Waals surface area contributed by atoms with Crippen molar-refractivity contribution in [3.63, 3.8) is 0 Å². The second-order valence-corrected chi connectivity index (χ2v) is 12.4. The monoisotopic (exact) mass is 547 g/mol. The first-order chi connectivity index (χ1) is 18.2. The van der Waals surface area contributed by atoms with Crippen LogP contribution in [0.4, 0.5) is 0 Å². The van der Waals surface area contributed by atoms with E-state index in [0.717, 1.165) is 28.9 Å². The number of nitrogens with zero attached hydrogens (tertiary/aromatic N) is 3. The van der Waals surface area contributed by atoms with Gasteiger partial charge in [0.2, 0.25) is 0 Å². The van der Waals surface area contributed by atoms with Crippen LogP contribution in [0.5, 0.6) is 0 Å². The number of hydrogen-bond acceptors (Lipinski definition) is 6. The summed E-state index contributed by atoms with van der Waals surface area (Å²) in [7, 11) is 0. The number of fused-ring (bicyclic) bond motifs is 1. The number of benzene rings is 3. The van der Waals surface area contributed by atoms with Crippen LogP contribution >= 0.6 is 23.4 Å². The Labute approximate surface area is 231 Å². The van der Waals surface area contributed by atoms with E-state index in [4.69, 9.17) is 16.3 Å². The fraction of sp³-hybridized carbons (Fsp3) is 0.333. The molecular weight excluding hydrogens is 518 g/mol. The first kappa shape index (κ1) is 26.4. The van der Waals surface area contributed by atoms with Crippen LogP contribution in [0.3, 0.4) is 0 Å². The molecule has 0 spiro atoms. The second kappa shape index (κ2) is 10.9. The summed E-state index contributed by atoms with van der Waals surface area (Å²) in [5, 5.41) is 9.67. The van der Waals surface area contributed by atoms with Crippen molar-refractivity contribution in [2.75, 3.05) is 0 Å². The predicted octanol–water partition coefficient (Wildman–Crippen LogP) is 6.64. The van der Waals surface area contributed by atoms with Crippen molar-refractivity contribution in [1.29, 1.82) is 0 Å². The van der Waals surface area contributed by atoms with E-state index in [0.29, 0.717) is 22.5 Å². The minimum absolute atomic E-state index is 0.0281. The van der Waals surface area contributed by atoms with Gasteiger partial charge in [-0.2, -0.15) is 0 Å². The fourth-order valence-corrected chi connectivity index (χ4v) is 6.50. The molecule has 0 unspecified atom stereocenters. The number of ether oxygens (including phenoxy) is 1. The summed E-state index contributed by atoms with van der Waals surface area (Å²) < 4.78 is 7.26.